The fourth-order valence-electron chi connectivity index (χ4n) is 4.54. The Bertz CT molecular complexity index is 835. The minimum Gasteiger partial charge on any atom is -0.508 e. The molecule has 2 aromatic rings. The Morgan fingerprint density at radius 1 is 1.23 bits per heavy atom. The van der Waals surface area contributed by atoms with Gasteiger partial charge in [-0.2, -0.15) is 0 Å². The van der Waals surface area contributed by atoms with Gasteiger partial charge >= 0.3 is 0 Å². The van der Waals surface area contributed by atoms with Gasteiger partial charge in [0.15, 0.2) is 0 Å². The van der Waals surface area contributed by atoms with Gasteiger partial charge in [-0.05, 0) is 24.6 Å². The second-order valence-corrected chi connectivity index (χ2v) is 7.65. The van der Waals surface area contributed by atoms with Crippen LogP contribution in [0, 0.1) is 5.92 Å². The number of nitrogens with zero attached hydrogens (tertiary/aromatic N) is 1. The van der Waals surface area contributed by atoms with Crippen molar-refractivity contribution in [3.8, 4) is 5.75 Å². The second-order valence-electron chi connectivity index (χ2n) is 7.65. The third-order valence-corrected chi connectivity index (χ3v) is 5.59. The van der Waals surface area contributed by atoms with Crippen molar-refractivity contribution in [2.24, 2.45) is 5.92 Å². The molecule has 1 saturated heterocycles. The largest absolute Gasteiger partial charge is 0.508 e. The summed E-state index contributed by atoms with van der Waals surface area (Å²) in [6.45, 7) is 3.91. The van der Waals surface area contributed by atoms with E-state index in [2.05, 4.69) is 11.4 Å². The molecule has 1 aromatic heterocycles. The summed E-state index contributed by atoms with van der Waals surface area (Å²) in [5.74, 6) is 1.12. The van der Waals surface area contributed by atoms with E-state index < -0.39 is 6.10 Å². The van der Waals surface area contributed by atoms with Crippen LogP contribution < -0.4 is 15.8 Å². The van der Waals surface area contributed by atoms with Crippen molar-refractivity contribution in [1.29, 1.82) is 0 Å². The summed E-state index contributed by atoms with van der Waals surface area (Å²) in [6.07, 6.45) is 0.689. The van der Waals surface area contributed by atoms with Gasteiger partial charge in [-0.15, -0.1) is 0 Å². The zero-order chi connectivity index (χ0) is 18.1. The van der Waals surface area contributed by atoms with Crippen molar-refractivity contribution in [3.63, 3.8) is 0 Å². The first kappa shape index (κ1) is 17.1. The molecule has 0 saturated carbocycles. The van der Waals surface area contributed by atoms with E-state index in [9.17, 15) is 15.0 Å². The van der Waals surface area contributed by atoms with Crippen molar-refractivity contribution in [2.75, 3.05) is 31.5 Å². The number of hydrogen-bond acceptors (Lipinski definition) is 4. The van der Waals surface area contributed by atoms with E-state index in [1.54, 1.807) is 24.3 Å². The Hall–Kier alpha value is -2.31. The lowest BCUT2D eigenvalue weighted by Gasteiger charge is -2.40. The number of benzene rings is 1. The number of pyridine rings is 1. The number of likely N-dealkylation sites (tertiary alicyclic amines) is 1. The maximum atomic E-state index is 12.1. The van der Waals surface area contributed by atoms with E-state index in [4.69, 9.17) is 0 Å². The van der Waals surface area contributed by atoms with E-state index in [-0.39, 0.29) is 11.3 Å². The molecule has 0 amide bonds. The molecule has 138 valence electrons. The maximum Gasteiger partial charge on any atom is 0.250 e. The van der Waals surface area contributed by atoms with Crippen LogP contribution in [0.15, 0.2) is 47.3 Å². The number of phenolic OH excluding ortho intramolecular Hbond substituents is 1. The number of aromatic hydroxyl groups is 1. The Kier molecular flexibility index (Phi) is 4.70. The number of fused-ring (bicyclic) bond motifs is 4. The molecule has 6 nitrogen and oxygen atoms in total. The van der Waals surface area contributed by atoms with Crippen LogP contribution in [0.1, 0.15) is 18.0 Å². The SMILES string of the molecule is O=c1cccc2n1C[C@H]1C[C@@H]2C[NH+](C[C@H](O)CNc2cccc(O)c2)C1. The number of rotatable bonds is 5. The van der Waals surface area contributed by atoms with Gasteiger partial charge in [0, 0.05) is 48.4 Å². The third-order valence-electron chi connectivity index (χ3n) is 5.59. The molecule has 4 N–H and O–H groups in total. The number of piperidine rings is 1. The monoisotopic (exact) mass is 356 g/mol. The van der Waals surface area contributed by atoms with E-state index in [1.807, 2.05) is 16.7 Å². The number of aliphatic hydroxyl groups is 1. The van der Waals surface area contributed by atoms with E-state index in [1.165, 1.54) is 4.90 Å². The van der Waals surface area contributed by atoms with Crippen LogP contribution in [0.4, 0.5) is 5.69 Å². The van der Waals surface area contributed by atoms with Gasteiger partial charge in [0.25, 0.3) is 5.56 Å². The molecule has 2 aliphatic heterocycles. The summed E-state index contributed by atoms with van der Waals surface area (Å²) in [7, 11) is 0. The summed E-state index contributed by atoms with van der Waals surface area (Å²) in [5, 5.41) is 23.1. The molecule has 0 spiro atoms. The lowest BCUT2D eigenvalue weighted by atomic mass is 9.83. The molecule has 1 fully saturated rings. The number of nitrogens with one attached hydrogen (secondary N) is 2. The fraction of sp³-hybridized carbons (Fsp3) is 0.450. The van der Waals surface area contributed by atoms with Crippen LogP contribution in [-0.4, -0.2) is 47.1 Å². The first-order valence-electron chi connectivity index (χ1n) is 9.33. The van der Waals surface area contributed by atoms with Crippen LogP contribution in [-0.2, 0) is 6.54 Å². The predicted molar refractivity (Wildman–Crippen MR) is 99.7 cm³/mol. The van der Waals surface area contributed by atoms with Gasteiger partial charge in [0.05, 0.1) is 13.1 Å². The van der Waals surface area contributed by atoms with E-state index in [0.717, 1.165) is 37.4 Å². The summed E-state index contributed by atoms with van der Waals surface area (Å²) in [6, 6.07) is 12.5. The first-order valence-corrected chi connectivity index (χ1v) is 9.33. The average Bonchev–Trinajstić information content (AvgIpc) is 2.61. The predicted octanol–water partition coefficient (Wildman–Crippen LogP) is 0.0289. The molecule has 1 unspecified atom stereocenters. The second kappa shape index (κ2) is 7.13. The molecule has 4 rings (SSSR count). The van der Waals surface area contributed by atoms with Gasteiger partial charge < -0.3 is 25.0 Å². The van der Waals surface area contributed by atoms with Crippen molar-refractivity contribution in [2.45, 2.75) is 25.0 Å². The Labute approximate surface area is 152 Å². The Balaban J connectivity index is 1.36. The highest BCUT2D eigenvalue weighted by Crippen LogP contribution is 2.30. The van der Waals surface area contributed by atoms with Crippen molar-refractivity contribution >= 4 is 5.69 Å². The normalized spacial score (nSPS) is 25.3. The molecular formula is C20H26N3O3+. The zero-order valence-corrected chi connectivity index (χ0v) is 14.8. The molecular weight excluding hydrogens is 330 g/mol. The maximum absolute atomic E-state index is 12.1. The Morgan fingerprint density at radius 3 is 2.92 bits per heavy atom. The molecule has 0 radical (unpaired) electrons. The minimum atomic E-state index is -0.454. The van der Waals surface area contributed by atoms with Gasteiger partial charge in [0.2, 0.25) is 0 Å². The standard InChI is InChI=1S/C20H25N3O3/c24-17-4-1-3-16(8-17)21-9-18(25)13-22-10-14-7-15(12-22)19-5-2-6-20(26)23(19)11-14/h1-6,8,14-15,18,21,24-25H,7,9-13H2/p+1/t14-,15+,18+/m0/s1. The van der Waals surface area contributed by atoms with Crippen LogP contribution in [0.25, 0.3) is 0 Å². The first-order chi connectivity index (χ1) is 12.6. The molecule has 3 heterocycles. The molecule has 6 heteroatoms. The smallest absolute Gasteiger partial charge is 0.250 e. The van der Waals surface area contributed by atoms with Crippen LogP contribution in [0.5, 0.6) is 5.75 Å². The number of aliphatic hydroxyl groups excluding tert-OH is 1. The molecule has 0 aliphatic carbocycles. The summed E-state index contributed by atoms with van der Waals surface area (Å²) < 4.78 is 1.94. The number of aromatic nitrogens is 1. The molecule has 2 aliphatic rings. The lowest BCUT2D eigenvalue weighted by Crippen LogP contribution is -3.15. The minimum absolute atomic E-state index is 0.107. The van der Waals surface area contributed by atoms with Crippen LogP contribution in [0.3, 0.4) is 0 Å². The lowest BCUT2D eigenvalue weighted by molar-refractivity contribution is -0.913. The molecule has 26 heavy (non-hydrogen) atoms. The number of quaternary nitrogens is 1. The van der Waals surface area contributed by atoms with Gasteiger partial charge in [-0.3, -0.25) is 4.79 Å². The van der Waals surface area contributed by atoms with Crippen molar-refractivity contribution < 1.29 is 15.1 Å². The topological polar surface area (TPSA) is 78.9 Å². The van der Waals surface area contributed by atoms with Crippen LogP contribution >= 0.6 is 0 Å². The highest BCUT2D eigenvalue weighted by atomic mass is 16.3. The molecule has 2 bridgehead atoms. The van der Waals surface area contributed by atoms with Gasteiger partial charge in [0.1, 0.15) is 18.4 Å². The zero-order valence-electron chi connectivity index (χ0n) is 14.8. The summed E-state index contributed by atoms with van der Waals surface area (Å²) in [4.78, 5) is 13.5. The number of hydrogen-bond donors (Lipinski definition) is 4. The highest BCUT2D eigenvalue weighted by Gasteiger charge is 2.37. The van der Waals surface area contributed by atoms with Gasteiger partial charge in [-0.25, -0.2) is 0 Å². The summed E-state index contributed by atoms with van der Waals surface area (Å²) >= 11 is 0. The average molecular weight is 356 g/mol. The van der Waals surface area contributed by atoms with Crippen LogP contribution in [0.2, 0.25) is 0 Å². The van der Waals surface area contributed by atoms with Crippen molar-refractivity contribution in [1.82, 2.24) is 4.57 Å². The van der Waals surface area contributed by atoms with E-state index >= 15 is 0 Å². The molecule has 1 aromatic carbocycles. The highest BCUT2D eigenvalue weighted by molar-refractivity contribution is 5.47. The van der Waals surface area contributed by atoms with Gasteiger partial charge in [-0.1, -0.05) is 12.1 Å². The molecule has 4 atom stereocenters. The Morgan fingerprint density at radius 2 is 2.08 bits per heavy atom. The van der Waals surface area contributed by atoms with E-state index in [0.29, 0.717) is 24.9 Å². The van der Waals surface area contributed by atoms with Crippen molar-refractivity contribution in [3.05, 3.63) is 58.5 Å². The quantitative estimate of drug-likeness (QED) is 0.610. The number of anilines is 1. The fourth-order valence-corrected chi connectivity index (χ4v) is 4.54. The third kappa shape index (κ3) is 3.61. The number of phenols is 1. The summed E-state index contributed by atoms with van der Waals surface area (Å²) in [5.41, 5.74) is 2.07.